The molecule has 6 aliphatic heterocycles. The van der Waals surface area contributed by atoms with Crippen LogP contribution in [0.1, 0.15) is 132 Å². The second-order valence-corrected chi connectivity index (χ2v) is 40.6. The molecule has 11 aromatic rings. The van der Waals surface area contributed by atoms with Crippen LogP contribution in [0.3, 0.4) is 0 Å². The van der Waals surface area contributed by atoms with Crippen LogP contribution in [-0.2, 0) is 16.2 Å². The van der Waals surface area contributed by atoms with E-state index in [-0.39, 0.29) is 36.4 Å². The third-order valence-electron chi connectivity index (χ3n) is 30.7. The molecule has 2 aromatic heterocycles. The molecule has 0 atom stereocenters. The summed E-state index contributed by atoms with van der Waals surface area (Å²) in [7, 11) is 0. The largest absolute Gasteiger partial charge is 0.356 e. The molecule has 0 spiro atoms. The summed E-state index contributed by atoms with van der Waals surface area (Å²) >= 11 is 9.93. The van der Waals surface area contributed by atoms with Gasteiger partial charge in [0.05, 0.1) is 28.4 Å². The molecule has 9 aromatic carbocycles. The van der Waals surface area contributed by atoms with E-state index in [9.17, 15) is 0 Å². The van der Waals surface area contributed by atoms with Crippen molar-refractivity contribution in [2.75, 3.05) is 46.8 Å². The summed E-state index contributed by atoms with van der Waals surface area (Å²) in [5.41, 5.74) is 34.5. The Balaban J connectivity index is 0.732. The van der Waals surface area contributed by atoms with Gasteiger partial charge in [-0.3, -0.25) is 12.9 Å². The molecule has 12 aliphatic carbocycles. The number of anilines is 14. The van der Waals surface area contributed by atoms with Crippen molar-refractivity contribution < 1.29 is 0 Å². The van der Waals surface area contributed by atoms with E-state index >= 15 is 0 Å². The Morgan fingerprint density at radius 1 is 0.333 bits per heavy atom. The molecule has 1 N–H and O–H groups in total. The first-order valence-corrected chi connectivity index (χ1v) is 45.3. The number of nitrogens with zero attached hydrogens (tertiary/aromatic N) is 5. The van der Waals surface area contributed by atoms with Gasteiger partial charge < -0.3 is 15.1 Å². The van der Waals surface area contributed by atoms with E-state index in [4.69, 9.17) is 0 Å². The molecule has 0 amide bonds. The highest BCUT2D eigenvalue weighted by atomic mass is 32.2. The second kappa shape index (κ2) is 21.5. The fourth-order valence-corrected chi connectivity index (χ4v) is 33.0. The summed E-state index contributed by atoms with van der Waals surface area (Å²) in [5, 5.41) is 7.21. The SMILES string of the molecule is CSN1c2cc3c(cc2B2c4cc5c(cc4N(SC)c4cc(C67CC8CC(CC(C8)C6)C7)cc1c42)N(SC)c1cc(C24CC6CC(CC(C6)C2)C4)cc2c1B5c1sc4ccccc4c1N2c1ccccc1)B1c2sc4ccccc4c2N(c2ccccc2)c2cc(C45CC6CC(CC(C6)C4)C5)cc(c21)N3. The second-order valence-electron chi connectivity index (χ2n) is 36.2. The lowest BCUT2D eigenvalue weighted by atomic mass is 9.30. The molecular weight excluding hydrogens is 1370 g/mol. The molecule has 0 radical (unpaired) electrons. The molecule has 0 saturated heterocycles. The number of thiophene rings is 2. The molecule has 8 heterocycles. The number of para-hydroxylation sites is 2. The lowest BCUT2D eigenvalue weighted by Crippen LogP contribution is -2.66. The van der Waals surface area contributed by atoms with E-state index in [0.717, 1.165) is 53.3 Å². The predicted molar refractivity (Wildman–Crippen MR) is 456 cm³/mol. The number of benzene rings is 9. The van der Waals surface area contributed by atoms with E-state index in [2.05, 4.69) is 228 Å². The third-order valence-corrected chi connectivity index (χ3v) is 35.4. The van der Waals surface area contributed by atoms with Crippen molar-refractivity contribution in [2.24, 2.45) is 53.3 Å². The molecule has 12 bridgehead atoms. The topological polar surface area (TPSA) is 28.2 Å². The van der Waals surface area contributed by atoms with Gasteiger partial charge in [0.15, 0.2) is 0 Å². The minimum atomic E-state index is -0.0354. The van der Waals surface area contributed by atoms with Crippen LogP contribution in [0.2, 0.25) is 0 Å². The van der Waals surface area contributed by atoms with Gasteiger partial charge in [-0.05, 0) is 361 Å². The van der Waals surface area contributed by atoms with Gasteiger partial charge in [-0.1, -0.05) is 84.9 Å². The average Bonchev–Trinajstić information content (AvgIpc) is 1.66. The van der Waals surface area contributed by atoms with Crippen LogP contribution in [0.4, 0.5) is 79.6 Å². The fourth-order valence-electron chi connectivity index (χ4n) is 28.2. The van der Waals surface area contributed by atoms with E-state index in [1.54, 1.807) is 16.7 Å². The molecule has 12 saturated carbocycles. The highest BCUT2D eigenvalue weighted by Crippen LogP contribution is 2.66. The zero-order valence-corrected chi connectivity index (χ0v) is 64.2. The summed E-state index contributed by atoms with van der Waals surface area (Å²) in [5.74, 6) is 7.59. The summed E-state index contributed by atoms with van der Waals surface area (Å²) in [4.78, 5) is 5.48. The van der Waals surface area contributed by atoms with Crippen molar-refractivity contribution in [2.45, 2.75) is 132 Å². The smallest absolute Gasteiger partial charge is 0.264 e. The average molecular weight is 1450 g/mol. The lowest BCUT2D eigenvalue weighted by molar-refractivity contribution is -0.00526. The quantitative estimate of drug-likeness (QED) is 0.118. The highest BCUT2D eigenvalue weighted by Gasteiger charge is 2.59. The maximum atomic E-state index is 4.48. The third kappa shape index (κ3) is 8.13. The number of nitrogens with one attached hydrogen (secondary N) is 1. The van der Waals surface area contributed by atoms with Crippen molar-refractivity contribution in [3.63, 3.8) is 0 Å². The minimum Gasteiger partial charge on any atom is -0.356 e. The molecule has 14 heteroatoms. The number of rotatable bonds is 8. The zero-order chi connectivity index (χ0) is 68.4. The summed E-state index contributed by atoms with van der Waals surface area (Å²) in [6.45, 7) is 0.0171. The van der Waals surface area contributed by atoms with Gasteiger partial charge in [-0.2, -0.15) is 0 Å². The van der Waals surface area contributed by atoms with E-state index in [0.29, 0.717) is 0 Å². The van der Waals surface area contributed by atoms with Gasteiger partial charge in [-0.15, -0.1) is 22.7 Å². The molecule has 6 nitrogen and oxygen atoms in total. The van der Waals surface area contributed by atoms with Crippen molar-refractivity contribution >= 4 is 226 Å². The fraction of sp³-hybridized carbons (Fsp3) is 0.363. The van der Waals surface area contributed by atoms with Gasteiger partial charge in [0, 0.05) is 99.7 Å². The normalized spacial score (nSPS) is 29.6. The monoisotopic (exact) mass is 1450 g/mol. The Morgan fingerprint density at radius 3 is 1.10 bits per heavy atom. The Kier molecular flexibility index (Phi) is 12.4. The summed E-state index contributed by atoms with van der Waals surface area (Å²) in [6, 6.07) is 69.6. The van der Waals surface area contributed by atoms with Gasteiger partial charge in [0.2, 0.25) is 0 Å². The Morgan fingerprint density at radius 2 is 0.676 bits per heavy atom. The van der Waals surface area contributed by atoms with Crippen LogP contribution in [0, 0.1) is 53.3 Å². The molecule has 105 heavy (non-hydrogen) atoms. The molecule has 18 aliphatic rings. The van der Waals surface area contributed by atoms with Crippen LogP contribution in [0.15, 0.2) is 170 Å². The molecule has 0 unspecified atom stereocenters. The van der Waals surface area contributed by atoms with Crippen molar-refractivity contribution in [3.8, 4) is 0 Å². The maximum Gasteiger partial charge on any atom is 0.264 e. The van der Waals surface area contributed by atoms with Crippen LogP contribution in [0.5, 0.6) is 0 Å². The van der Waals surface area contributed by atoms with Crippen LogP contribution < -0.4 is 75.8 Å². The maximum absolute atomic E-state index is 4.48. The Hall–Kier alpha value is -7.06. The van der Waals surface area contributed by atoms with Crippen LogP contribution >= 0.6 is 58.5 Å². The van der Waals surface area contributed by atoms with Gasteiger partial charge in [0.25, 0.3) is 20.1 Å². The number of hydrogen-bond acceptors (Lipinski definition) is 11. The molecule has 29 rings (SSSR count). The number of fused-ring (bicyclic) bond motifs is 16. The Bertz CT molecular complexity index is 5560. The molecule has 12 fully saturated rings. The highest BCUT2D eigenvalue weighted by molar-refractivity contribution is 8.01. The summed E-state index contributed by atoms with van der Waals surface area (Å²) in [6.07, 6.45) is 32.1. The standard InChI is InChI=1S/C91H83B3N6S5/c1-101-98-72-39-70-66(93-82-71(95-70)31-59(89-41-50-22-51(42-89)24-52(23-50)43-89)32-75(82)96(62-14-6-4-7-15-62)85-64-18-10-12-20-80(64)104-87(85)93)37-67(72)92-68-38-69-74(40-73(68)99(102-2)79-36-61(35-78(98)84(79)92)91-47-56-28-57(48-91)30-58(29-56)49-91)100(103-3)77-34-60(90-44-53-25-54(45-90)27-55(26-53)46-90)33-76-83(77)94(69)88-86(65-19-11-13-21-81(65)105-88)97(76)63-16-8-5-9-17-63/h4-21,31-40,50-58,95H,22-30,41-49H2,1-3H3. The number of hydrogen-bond donors (Lipinski definition) is 1. The van der Waals surface area contributed by atoms with Crippen LogP contribution in [-0.4, -0.2) is 38.9 Å². The van der Waals surface area contributed by atoms with Crippen LogP contribution in [0.25, 0.3) is 20.2 Å². The molecular formula is C91H83B3N6S5. The van der Waals surface area contributed by atoms with Gasteiger partial charge in [-0.25, -0.2) is 0 Å². The lowest BCUT2D eigenvalue weighted by Gasteiger charge is -2.57. The Labute approximate surface area is 639 Å². The van der Waals surface area contributed by atoms with E-state index in [1.807, 2.05) is 47.2 Å². The van der Waals surface area contributed by atoms with Gasteiger partial charge >= 0.3 is 0 Å². The first kappa shape index (κ1) is 60.9. The van der Waals surface area contributed by atoms with Crippen molar-refractivity contribution in [3.05, 3.63) is 187 Å². The minimum absolute atomic E-state index is 0.0245. The van der Waals surface area contributed by atoms with Crippen molar-refractivity contribution in [1.82, 2.24) is 0 Å². The zero-order valence-electron chi connectivity index (χ0n) is 60.1. The van der Waals surface area contributed by atoms with E-state index in [1.165, 1.54) is 263 Å². The van der Waals surface area contributed by atoms with Crippen molar-refractivity contribution in [1.29, 1.82) is 0 Å². The predicted octanol–water partition coefficient (Wildman–Crippen LogP) is 18.9. The van der Waals surface area contributed by atoms with E-state index < -0.39 is 0 Å². The first-order valence-electron chi connectivity index (χ1n) is 40.1. The van der Waals surface area contributed by atoms with Gasteiger partial charge in [0.1, 0.15) is 0 Å². The molecule has 516 valence electrons. The summed E-state index contributed by atoms with van der Waals surface area (Å²) < 4.78 is 13.9. The first-order chi connectivity index (χ1) is 51.6.